The highest BCUT2D eigenvalue weighted by Gasteiger charge is 2.11. The minimum atomic E-state index is -0.415. The lowest BCUT2D eigenvalue weighted by molar-refractivity contribution is -0.118. The van der Waals surface area contributed by atoms with Crippen LogP contribution in [-0.2, 0) is 4.79 Å². The molecule has 0 saturated heterocycles. The zero-order chi connectivity index (χ0) is 10.7. The maximum atomic E-state index is 10.6. The highest BCUT2D eigenvalue weighted by Crippen LogP contribution is 2.27. The smallest absolute Gasteiger partial charge is 0.219 e. The fourth-order valence-corrected chi connectivity index (χ4v) is 1.58. The number of nitrogens with two attached hydrogens (primary N) is 1. The SMILES string of the molecule is Cc1ccc(C(Cl)CC(N)=O)cc1Cl. The first-order valence-electron chi connectivity index (χ1n) is 4.19. The number of primary amides is 1. The lowest BCUT2D eigenvalue weighted by atomic mass is 10.1. The Hall–Kier alpha value is -0.730. The van der Waals surface area contributed by atoms with E-state index in [1.807, 2.05) is 19.1 Å². The normalized spacial score (nSPS) is 12.5. The summed E-state index contributed by atoms with van der Waals surface area (Å²) in [4.78, 5) is 10.6. The van der Waals surface area contributed by atoms with Gasteiger partial charge in [-0.3, -0.25) is 4.79 Å². The number of amides is 1. The molecule has 1 atom stereocenters. The van der Waals surface area contributed by atoms with E-state index in [0.717, 1.165) is 11.1 Å². The van der Waals surface area contributed by atoms with E-state index in [2.05, 4.69) is 0 Å². The van der Waals surface area contributed by atoms with Crippen LogP contribution in [0.15, 0.2) is 18.2 Å². The predicted octanol–water partition coefficient (Wildman–Crippen LogP) is 2.80. The van der Waals surface area contributed by atoms with Crippen molar-refractivity contribution in [1.82, 2.24) is 0 Å². The molecule has 0 aliphatic rings. The third-order valence-electron chi connectivity index (χ3n) is 1.94. The first-order valence-corrected chi connectivity index (χ1v) is 5.00. The number of hydrogen-bond donors (Lipinski definition) is 1. The number of benzene rings is 1. The van der Waals surface area contributed by atoms with Gasteiger partial charge in [0.1, 0.15) is 0 Å². The second-order valence-corrected chi connectivity index (χ2v) is 4.08. The summed E-state index contributed by atoms with van der Waals surface area (Å²) in [5.74, 6) is -0.415. The highest BCUT2D eigenvalue weighted by atomic mass is 35.5. The quantitative estimate of drug-likeness (QED) is 0.800. The number of aryl methyl sites for hydroxylation is 1. The van der Waals surface area contributed by atoms with Gasteiger partial charge in [0.05, 0.1) is 5.38 Å². The van der Waals surface area contributed by atoms with Gasteiger partial charge in [0.25, 0.3) is 0 Å². The van der Waals surface area contributed by atoms with E-state index >= 15 is 0 Å². The third kappa shape index (κ3) is 2.89. The monoisotopic (exact) mass is 231 g/mol. The van der Waals surface area contributed by atoms with Gasteiger partial charge in [-0.05, 0) is 24.1 Å². The van der Waals surface area contributed by atoms with Crippen molar-refractivity contribution in [2.75, 3.05) is 0 Å². The maximum absolute atomic E-state index is 10.6. The molecule has 1 unspecified atom stereocenters. The van der Waals surface area contributed by atoms with Gasteiger partial charge in [-0.1, -0.05) is 23.7 Å². The van der Waals surface area contributed by atoms with Gasteiger partial charge in [-0.25, -0.2) is 0 Å². The molecule has 0 aromatic heterocycles. The molecule has 0 heterocycles. The molecular weight excluding hydrogens is 221 g/mol. The molecule has 76 valence electrons. The van der Waals surface area contributed by atoms with E-state index in [1.165, 1.54) is 0 Å². The summed E-state index contributed by atoms with van der Waals surface area (Å²) in [5, 5.41) is 0.253. The van der Waals surface area contributed by atoms with Crippen LogP contribution in [0.3, 0.4) is 0 Å². The number of hydrogen-bond acceptors (Lipinski definition) is 1. The Bertz CT molecular complexity index is 352. The van der Waals surface area contributed by atoms with E-state index < -0.39 is 11.3 Å². The molecule has 0 spiro atoms. The van der Waals surface area contributed by atoms with Crippen LogP contribution in [0, 0.1) is 6.92 Å². The Balaban J connectivity index is 2.85. The topological polar surface area (TPSA) is 43.1 Å². The summed E-state index contributed by atoms with van der Waals surface area (Å²) in [6.07, 6.45) is 0.126. The van der Waals surface area contributed by atoms with Gasteiger partial charge < -0.3 is 5.73 Å². The van der Waals surface area contributed by atoms with Gasteiger partial charge in [-0.2, -0.15) is 0 Å². The van der Waals surface area contributed by atoms with E-state index in [9.17, 15) is 4.79 Å². The standard InChI is InChI=1S/C10H11Cl2NO/c1-6-2-3-7(4-8(6)11)9(12)5-10(13)14/h2-4,9H,5H2,1H3,(H2,13,14). The van der Waals surface area contributed by atoms with E-state index in [4.69, 9.17) is 28.9 Å². The lowest BCUT2D eigenvalue weighted by Gasteiger charge is -2.08. The number of alkyl halides is 1. The third-order valence-corrected chi connectivity index (χ3v) is 2.75. The van der Waals surface area contributed by atoms with Crippen molar-refractivity contribution < 1.29 is 4.79 Å². The van der Waals surface area contributed by atoms with E-state index in [-0.39, 0.29) is 6.42 Å². The summed E-state index contributed by atoms with van der Waals surface area (Å²) in [6, 6.07) is 5.48. The number of rotatable bonds is 3. The molecule has 2 N–H and O–H groups in total. The molecule has 0 bridgehead atoms. The molecule has 0 saturated carbocycles. The first kappa shape index (κ1) is 11.3. The summed E-state index contributed by atoms with van der Waals surface area (Å²) >= 11 is 11.9. The molecule has 1 amide bonds. The first-order chi connectivity index (χ1) is 6.50. The maximum Gasteiger partial charge on any atom is 0.219 e. The molecule has 0 aliphatic carbocycles. The van der Waals surface area contributed by atoms with Crippen LogP contribution >= 0.6 is 23.2 Å². The van der Waals surface area contributed by atoms with Crippen LogP contribution in [0.2, 0.25) is 5.02 Å². The molecule has 14 heavy (non-hydrogen) atoms. The Morgan fingerprint density at radius 2 is 2.21 bits per heavy atom. The van der Waals surface area contributed by atoms with Crippen molar-refractivity contribution in [2.45, 2.75) is 18.7 Å². The van der Waals surface area contributed by atoms with Crippen molar-refractivity contribution >= 4 is 29.1 Å². The molecular formula is C10H11Cl2NO. The molecule has 0 radical (unpaired) electrons. The Morgan fingerprint density at radius 3 is 2.71 bits per heavy atom. The van der Waals surface area contributed by atoms with Crippen molar-refractivity contribution in [3.63, 3.8) is 0 Å². The summed E-state index contributed by atoms with van der Waals surface area (Å²) in [7, 11) is 0. The summed E-state index contributed by atoms with van der Waals surface area (Å²) in [6.45, 7) is 1.91. The number of carbonyl (C=O) groups is 1. The molecule has 2 nitrogen and oxygen atoms in total. The molecule has 0 aliphatic heterocycles. The van der Waals surface area contributed by atoms with Crippen LogP contribution in [0.1, 0.15) is 22.9 Å². The Labute approximate surface area is 93.0 Å². The zero-order valence-corrected chi connectivity index (χ0v) is 9.27. The molecule has 1 aromatic carbocycles. The van der Waals surface area contributed by atoms with Gasteiger partial charge in [-0.15, -0.1) is 11.6 Å². The second kappa shape index (κ2) is 4.67. The van der Waals surface area contributed by atoms with Crippen LogP contribution < -0.4 is 5.73 Å². The molecule has 1 aromatic rings. The Kier molecular flexibility index (Phi) is 3.78. The minimum absolute atomic E-state index is 0.126. The van der Waals surface area contributed by atoms with Crippen molar-refractivity contribution in [2.24, 2.45) is 5.73 Å². The zero-order valence-electron chi connectivity index (χ0n) is 7.76. The summed E-state index contributed by atoms with van der Waals surface area (Å²) < 4.78 is 0. The Morgan fingerprint density at radius 1 is 1.57 bits per heavy atom. The number of halogens is 2. The van der Waals surface area contributed by atoms with Crippen LogP contribution in [0.25, 0.3) is 0 Å². The lowest BCUT2D eigenvalue weighted by Crippen LogP contribution is -2.12. The average molecular weight is 232 g/mol. The summed E-state index contributed by atoms with van der Waals surface area (Å²) in [5.41, 5.74) is 6.85. The fraction of sp³-hybridized carbons (Fsp3) is 0.300. The van der Waals surface area contributed by atoms with Crippen molar-refractivity contribution in [1.29, 1.82) is 0 Å². The largest absolute Gasteiger partial charge is 0.370 e. The van der Waals surface area contributed by atoms with Crippen molar-refractivity contribution in [3.05, 3.63) is 34.3 Å². The average Bonchev–Trinajstić information content (AvgIpc) is 2.08. The molecule has 0 fully saturated rings. The van der Waals surface area contributed by atoms with Gasteiger partial charge >= 0.3 is 0 Å². The number of carbonyl (C=O) groups excluding carboxylic acids is 1. The second-order valence-electron chi connectivity index (χ2n) is 3.15. The fourth-order valence-electron chi connectivity index (χ4n) is 1.10. The van der Waals surface area contributed by atoms with Crippen molar-refractivity contribution in [3.8, 4) is 0 Å². The molecule has 4 heteroatoms. The van der Waals surface area contributed by atoms with Gasteiger partial charge in [0.15, 0.2) is 0 Å². The van der Waals surface area contributed by atoms with Crippen LogP contribution in [0.5, 0.6) is 0 Å². The predicted molar refractivity (Wildman–Crippen MR) is 58.6 cm³/mol. The van der Waals surface area contributed by atoms with Crippen LogP contribution in [-0.4, -0.2) is 5.91 Å². The van der Waals surface area contributed by atoms with Crippen LogP contribution in [0.4, 0.5) is 0 Å². The van der Waals surface area contributed by atoms with Gasteiger partial charge in [0.2, 0.25) is 5.91 Å². The minimum Gasteiger partial charge on any atom is -0.370 e. The molecule has 1 rings (SSSR count). The van der Waals surface area contributed by atoms with Gasteiger partial charge in [0, 0.05) is 11.4 Å². The van der Waals surface area contributed by atoms with E-state index in [0.29, 0.717) is 5.02 Å². The highest BCUT2D eigenvalue weighted by molar-refractivity contribution is 6.31. The van der Waals surface area contributed by atoms with E-state index in [1.54, 1.807) is 6.07 Å².